The van der Waals surface area contributed by atoms with Crippen molar-refractivity contribution in [2.24, 2.45) is 0 Å². The van der Waals surface area contributed by atoms with Crippen LogP contribution in [0.4, 0.5) is 24.7 Å². The minimum Gasteiger partial charge on any atom is -0.375 e. The third-order valence-corrected chi connectivity index (χ3v) is 6.98. The topological polar surface area (TPSA) is 87.7 Å². The molecule has 1 aliphatic rings. The lowest BCUT2D eigenvalue weighted by molar-refractivity contribution is -0.384. The van der Waals surface area contributed by atoms with Crippen molar-refractivity contribution in [2.75, 3.05) is 37.6 Å². The van der Waals surface area contributed by atoms with Gasteiger partial charge in [0.2, 0.25) is 5.60 Å². The van der Waals surface area contributed by atoms with Crippen LogP contribution < -0.4 is 4.90 Å². The Bertz CT molecular complexity index is 1420. The van der Waals surface area contributed by atoms with Gasteiger partial charge in [0.15, 0.2) is 0 Å². The third kappa shape index (κ3) is 4.94. The number of anilines is 1. The average Bonchev–Trinajstić information content (AvgIpc) is 3.27. The Labute approximate surface area is 216 Å². The van der Waals surface area contributed by atoms with Gasteiger partial charge in [0.25, 0.3) is 5.69 Å². The smallest absolute Gasteiger partial charge is 0.375 e. The molecular weight excluding hydrogens is 499 g/mol. The molecule has 2 aromatic carbocycles. The van der Waals surface area contributed by atoms with Crippen LogP contribution in [0.5, 0.6) is 0 Å². The Morgan fingerprint density at radius 1 is 0.974 bits per heavy atom. The molecule has 198 valence electrons. The van der Waals surface area contributed by atoms with E-state index in [4.69, 9.17) is 0 Å². The van der Waals surface area contributed by atoms with E-state index < -0.39 is 23.2 Å². The maximum Gasteiger partial charge on any atom is 0.422 e. The lowest BCUT2D eigenvalue weighted by Crippen LogP contribution is -2.55. The first-order valence-corrected chi connectivity index (χ1v) is 12.1. The zero-order valence-corrected chi connectivity index (χ0v) is 20.4. The van der Waals surface area contributed by atoms with Crippen molar-refractivity contribution in [3.8, 4) is 0 Å². The van der Waals surface area contributed by atoms with Crippen LogP contribution in [-0.2, 0) is 12.1 Å². The van der Waals surface area contributed by atoms with E-state index >= 15 is 0 Å². The van der Waals surface area contributed by atoms with E-state index in [1.807, 2.05) is 35.2 Å². The molecule has 0 radical (unpaired) electrons. The molecule has 1 N–H and O–H groups in total. The predicted molar refractivity (Wildman–Crippen MR) is 137 cm³/mol. The van der Waals surface area contributed by atoms with E-state index in [0.29, 0.717) is 26.2 Å². The minimum atomic E-state index is -4.99. The molecule has 0 aliphatic carbocycles. The van der Waals surface area contributed by atoms with Gasteiger partial charge >= 0.3 is 6.18 Å². The number of rotatable bonds is 7. The Morgan fingerprint density at radius 2 is 1.68 bits per heavy atom. The number of aliphatic hydroxyl groups is 1. The number of halogens is 3. The van der Waals surface area contributed by atoms with Gasteiger partial charge in [-0.2, -0.15) is 13.2 Å². The Kier molecular flexibility index (Phi) is 6.80. The van der Waals surface area contributed by atoms with E-state index in [9.17, 15) is 28.4 Å². The fraction of sp³-hybridized carbons (Fsp3) is 0.296. The maximum absolute atomic E-state index is 14.6. The first-order valence-electron chi connectivity index (χ1n) is 12.1. The van der Waals surface area contributed by atoms with Crippen molar-refractivity contribution >= 4 is 22.4 Å². The average molecular weight is 526 g/mol. The molecule has 8 nitrogen and oxygen atoms in total. The zero-order valence-electron chi connectivity index (χ0n) is 20.4. The van der Waals surface area contributed by atoms with Gasteiger partial charge in [0.05, 0.1) is 10.4 Å². The molecule has 1 saturated heterocycles. The lowest BCUT2D eigenvalue weighted by atomic mass is 9.91. The number of piperazine rings is 1. The summed E-state index contributed by atoms with van der Waals surface area (Å²) in [4.78, 5) is 18.7. The molecule has 0 spiro atoms. The van der Waals surface area contributed by atoms with Crippen molar-refractivity contribution < 1.29 is 23.2 Å². The molecule has 0 saturated carbocycles. The summed E-state index contributed by atoms with van der Waals surface area (Å²) in [7, 11) is 0. The number of alkyl halides is 3. The van der Waals surface area contributed by atoms with Crippen LogP contribution in [0.25, 0.3) is 10.9 Å². The number of non-ortho nitro benzene ring substituents is 1. The Hall–Kier alpha value is -3.96. The fourth-order valence-corrected chi connectivity index (χ4v) is 4.96. The first-order chi connectivity index (χ1) is 18.2. The SMILES string of the molecule is O=[N+]([O-])c1ccc2c(C(O)(CN3CCN(c4ccccn4)CC3)C(F)(F)F)cn(Cc3ccccc3)c2c1. The van der Waals surface area contributed by atoms with Crippen LogP contribution in [0.1, 0.15) is 11.1 Å². The molecule has 0 bridgehead atoms. The second kappa shape index (κ2) is 10.1. The number of β-amino-alcohol motifs (C(OH)–C–C–N with tert-alkyl or cyclic N) is 1. The highest BCUT2D eigenvalue weighted by molar-refractivity contribution is 5.87. The van der Waals surface area contributed by atoms with Crippen LogP contribution >= 0.6 is 0 Å². The van der Waals surface area contributed by atoms with E-state index in [1.165, 1.54) is 29.0 Å². The number of pyridine rings is 1. The van der Waals surface area contributed by atoms with Crippen LogP contribution in [0.15, 0.2) is 79.1 Å². The number of nitro benzene ring substituents is 1. The molecule has 1 atom stereocenters. The van der Waals surface area contributed by atoms with Gasteiger partial charge in [-0.05, 0) is 23.8 Å². The molecule has 1 aliphatic heterocycles. The summed E-state index contributed by atoms with van der Waals surface area (Å²) < 4.78 is 45.5. The number of aromatic nitrogens is 2. The lowest BCUT2D eigenvalue weighted by Gasteiger charge is -2.40. The van der Waals surface area contributed by atoms with Gasteiger partial charge in [-0.15, -0.1) is 0 Å². The first kappa shape index (κ1) is 25.7. The molecule has 4 aromatic rings. The summed E-state index contributed by atoms with van der Waals surface area (Å²) in [6, 6.07) is 18.3. The summed E-state index contributed by atoms with van der Waals surface area (Å²) in [6.45, 7) is 1.08. The van der Waals surface area contributed by atoms with Crippen molar-refractivity contribution in [3.05, 3.63) is 100 Å². The van der Waals surface area contributed by atoms with Crippen LogP contribution in [0, 0.1) is 10.1 Å². The quantitative estimate of drug-likeness (QED) is 0.281. The van der Waals surface area contributed by atoms with Gasteiger partial charge in [-0.1, -0.05) is 36.4 Å². The van der Waals surface area contributed by atoms with Crippen molar-refractivity contribution in [3.63, 3.8) is 0 Å². The van der Waals surface area contributed by atoms with E-state index in [0.717, 1.165) is 11.4 Å². The number of nitrogens with zero attached hydrogens (tertiary/aromatic N) is 5. The monoisotopic (exact) mass is 525 g/mol. The molecular formula is C27H26F3N5O3. The standard InChI is InChI=1S/C27H26F3N5O3/c28-27(29,30)26(36,19-32-12-14-33(15-13-32)25-8-4-5-11-31-25)23-18-34(17-20-6-2-1-3-7-20)24-16-21(35(37)38)9-10-22(23)24/h1-11,16,18,36H,12-15,17,19H2. The summed E-state index contributed by atoms with van der Waals surface area (Å²) in [5, 5.41) is 22.9. The molecule has 2 aromatic heterocycles. The largest absolute Gasteiger partial charge is 0.422 e. The molecule has 1 fully saturated rings. The summed E-state index contributed by atoms with van der Waals surface area (Å²) in [5.41, 5.74) is -2.68. The van der Waals surface area contributed by atoms with Crippen LogP contribution in [-0.4, -0.2) is 63.4 Å². The normalized spacial score (nSPS) is 16.5. The summed E-state index contributed by atoms with van der Waals surface area (Å²) >= 11 is 0. The molecule has 11 heteroatoms. The number of fused-ring (bicyclic) bond motifs is 1. The van der Waals surface area contributed by atoms with Gasteiger partial charge in [0, 0.05) is 74.7 Å². The van der Waals surface area contributed by atoms with Gasteiger partial charge in [0.1, 0.15) is 5.82 Å². The van der Waals surface area contributed by atoms with Crippen LogP contribution in [0.2, 0.25) is 0 Å². The van der Waals surface area contributed by atoms with Crippen molar-refractivity contribution in [1.29, 1.82) is 0 Å². The van der Waals surface area contributed by atoms with E-state index in [1.54, 1.807) is 29.3 Å². The van der Waals surface area contributed by atoms with E-state index in [2.05, 4.69) is 4.98 Å². The third-order valence-electron chi connectivity index (χ3n) is 6.98. The number of benzene rings is 2. The molecule has 5 rings (SSSR count). The van der Waals surface area contributed by atoms with Gasteiger partial charge in [-0.25, -0.2) is 4.98 Å². The molecule has 1 unspecified atom stereocenters. The molecule has 3 heterocycles. The minimum absolute atomic E-state index is 0.124. The number of hydrogen-bond acceptors (Lipinski definition) is 6. The Morgan fingerprint density at radius 3 is 2.32 bits per heavy atom. The highest BCUT2D eigenvalue weighted by Crippen LogP contribution is 2.44. The number of hydrogen-bond donors (Lipinski definition) is 1. The molecule has 38 heavy (non-hydrogen) atoms. The maximum atomic E-state index is 14.6. The highest BCUT2D eigenvalue weighted by atomic mass is 19.4. The van der Waals surface area contributed by atoms with Gasteiger partial charge in [-0.3, -0.25) is 15.0 Å². The highest BCUT2D eigenvalue weighted by Gasteiger charge is 2.57. The van der Waals surface area contributed by atoms with Crippen LogP contribution in [0.3, 0.4) is 0 Å². The second-order valence-corrected chi connectivity index (χ2v) is 9.42. The van der Waals surface area contributed by atoms with Crippen molar-refractivity contribution in [1.82, 2.24) is 14.5 Å². The van der Waals surface area contributed by atoms with Gasteiger partial charge < -0.3 is 14.6 Å². The zero-order chi connectivity index (χ0) is 26.9. The molecule has 0 amide bonds. The number of nitro groups is 1. The summed E-state index contributed by atoms with van der Waals surface area (Å²) in [6.07, 6.45) is -2.04. The fourth-order valence-electron chi connectivity index (χ4n) is 4.96. The predicted octanol–water partition coefficient (Wildman–Crippen LogP) is 4.56. The van der Waals surface area contributed by atoms with E-state index in [-0.39, 0.29) is 28.7 Å². The second-order valence-electron chi connectivity index (χ2n) is 9.42. The van der Waals surface area contributed by atoms with Crippen molar-refractivity contribution in [2.45, 2.75) is 18.3 Å². The Balaban J connectivity index is 1.50. The summed E-state index contributed by atoms with van der Waals surface area (Å²) in [5.74, 6) is 0.754.